The van der Waals surface area contributed by atoms with Crippen molar-refractivity contribution in [2.24, 2.45) is 5.73 Å². The molecule has 0 aliphatic heterocycles. The van der Waals surface area contributed by atoms with Gasteiger partial charge in [-0.25, -0.2) is 0 Å². The van der Waals surface area contributed by atoms with Gasteiger partial charge in [0.2, 0.25) is 11.7 Å². The van der Waals surface area contributed by atoms with Crippen molar-refractivity contribution < 1.29 is 19.0 Å². The predicted molar refractivity (Wildman–Crippen MR) is 80.9 cm³/mol. The number of nitrogens with two attached hydrogens (primary N) is 1. The van der Waals surface area contributed by atoms with Crippen LogP contribution in [0.15, 0.2) is 18.2 Å². The number of primary amides is 1. The lowest BCUT2D eigenvalue weighted by Gasteiger charge is -2.17. The number of hydrogen-bond acceptors (Lipinski definition) is 5. The van der Waals surface area contributed by atoms with Crippen LogP contribution in [-0.4, -0.2) is 39.3 Å². The minimum atomic E-state index is -0.398. The van der Waals surface area contributed by atoms with Gasteiger partial charge in [0.15, 0.2) is 11.5 Å². The first-order valence-corrected chi connectivity index (χ1v) is 7.00. The molecule has 1 unspecified atom stereocenters. The highest BCUT2D eigenvalue weighted by atomic mass is 16.5. The zero-order chi connectivity index (χ0) is 15.7. The second-order valence-corrected chi connectivity index (χ2v) is 4.54. The van der Waals surface area contributed by atoms with Gasteiger partial charge in [0, 0.05) is 6.42 Å². The van der Waals surface area contributed by atoms with Crippen LogP contribution in [0.4, 0.5) is 0 Å². The highest BCUT2D eigenvalue weighted by Crippen LogP contribution is 2.36. The number of ether oxygens (including phenoxy) is 3. The summed E-state index contributed by atoms with van der Waals surface area (Å²) >= 11 is 0. The average molecular weight is 296 g/mol. The highest BCUT2D eigenvalue weighted by Gasteiger charge is 2.16. The Morgan fingerprint density at radius 1 is 1.29 bits per heavy atom. The summed E-state index contributed by atoms with van der Waals surface area (Å²) in [6.45, 7) is 3.11. The lowest BCUT2D eigenvalue weighted by molar-refractivity contribution is -0.120. The molecule has 1 aromatic rings. The number of amides is 1. The van der Waals surface area contributed by atoms with Gasteiger partial charge in [-0.15, -0.1) is 0 Å². The van der Waals surface area contributed by atoms with Crippen molar-refractivity contribution in [3.05, 3.63) is 18.2 Å². The third kappa shape index (κ3) is 5.15. The number of para-hydroxylation sites is 1. The lowest BCUT2D eigenvalue weighted by Crippen LogP contribution is -2.42. The minimum Gasteiger partial charge on any atom is -0.493 e. The quantitative estimate of drug-likeness (QED) is 0.680. The molecule has 1 atom stereocenters. The molecule has 0 heterocycles. The van der Waals surface area contributed by atoms with E-state index in [1.807, 2.05) is 13.0 Å². The molecule has 6 heteroatoms. The third-order valence-corrected chi connectivity index (χ3v) is 3.02. The van der Waals surface area contributed by atoms with Gasteiger partial charge in [0.05, 0.1) is 26.9 Å². The summed E-state index contributed by atoms with van der Waals surface area (Å²) in [4.78, 5) is 11.3. The summed E-state index contributed by atoms with van der Waals surface area (Å²) in [5.41, 5.74) is 5.36. The Kier molecular flexibility index (Phi) is 7.39. The van der Waals surface area contributed by atoms with E-state index in [9.17, 15) is 4.79 Å². The molecule has 0 radical (unpaired) electrons. The maximum atomic E-state index is 11.3. The molecule has 118 valence electrons. The van der Waals surface area contributed by atoms with Gasteiger partial charge in [-0.1, -0.05) is 13.0 Å². The Balaban J connectivity index is 2.63. The fourth-order valence-electron chi connectivity index (χ4n) is 1.90. The van der Waals surface area contributed by atoms with Crippen LogP contribution in [0.25, 0.3) is 0 Å². The Morgan fingerprint density at radius 2 is 1.90 bits per heavy atom. The van der Waals surface area contributed by atoms with Crippen LogP contribution >= 0.6 is 0 Å². The van der Waals surface area contributed by atoms with E-state index in [0.29, 0.717) is 30.3 Å². The molecule has 6 nitrogen and oxygen atoms in total. The molecule has 0 saturated heterocycles. The minimum absolute atomic E-state index is 0.334. The van der Waals surface area contributed by atoms with Crippen molar-refractivity contribution in [3.8, 4) is 17.2 Å². The van der Waals surface area contributed by atoms with Crippen LogP contribution in [0.2, 0.25) is 0 Å². The maximum absolute atomic E-state index is 11.3. The molecule has 1 aromatic carbocycles. The molecule has 0 spiro atoms. The first-order valence-electron chi connectivity index (χ1n) is 7.00. The van der Waals surface area contributed by atoms with Crippen LogP contribution in [0, 0.1) is 0 Å². The number of rotatable bonds is 10. The Labute approximate surface area is 125 Å². The van der Waals surface area contributed by atoms with Crippen molar-refractivity contribution >= 4 is 5.91 Å². The smallest absolute Gasteiger partial charge is 0.234 e. The second-order valence-electron chi connectivity index (χ2n) is 4.54. The molecule has 0 saturated carbocycles. The molecule has 21 heavy (non-hydrogen) atoms. The molecule has 1 rings (SSSR count). The molecule has 0 aromatic heterocycles. The van der Waals surface area contributed by atoms with Crippen molar-refractivity contribution in [2.75, 3.05) is 27.4 Å². The monoisotopic (exact) mass is 296 g/mol. The summed E-state index contributed by atoms with van der Waals surface area (Å²) in [6.07, 6.45) is 1.42. The van der Waals surface area contributed by atoms with Gasteiger partial charge in [0.1, 0.15) is 0 Å². The van der Waals surface area contributed by atoms with Crippen LogP contribution in [0.5, 0.6) is 17.2 Å². The van der Waals surface area contributed by atoms with Gasteiger partial charge in [-0.2, -0.15) is 0 Å². The Hall–Kier alpha value is -1.95. The van der Waals surface area contributed by atoms with E-state index in [1.54, 1.807) is 26.4 Å². The Bertz CT molecular complexity index is 429. The summed E-state index contributed by atoms with van der Waals surface area (Å²) in [7, 11) is 3.13. The molecule has 0 bridgehead atoms. The van der Waals surface area contributed by atoms with E-state index >= 15 is 0 Å². The van der Waals surface area contributed by atoms with E-state index in [2.05, 4.69) is 5.32 Å². The van der Waals surface area contributed by atoms with Gasteiger partial charge in [-0.05, 0) is 25.1 Å². The zero-order valence-electron chi connectivity index (χ0n) is 12.8. The average Bonchev–Trinajstić information content (AvgIpc) is 2.50. The first-order chi connectivity index (χ1) is 10.1. The third-order valence-electron chi connectivity index (χ3n) is 3.02. The molecular weight excluding hydrogens is 272 g/mol. The number of nitrogens with one attached hydrogen (secondary N) is 1. The normalized spacial score (nSPS) is 11.8. The molecule has 1 amide bonds. The van der Waals surface area contributed by atoms with Crippen LogP contribution in [0.3, 0.4) is 0 Å². The van der Waals surface area contributed by atoms with Crippen molar-refractivity contribution in [1.29, 1.82) is 0 Å². The lowest BCUT2D eigenvalue weighted by atomic mass is 10.2. The van der Waals surface area contributed by atoms with Crippen molar-refractivity contribution in [3.63, 3.8) is 0 Å². The summed E-state index contributed by atoms with van der Waals surface area (Å²) < 4.78 is 16.2. The van der Waals surface area contributed by atoms with E-state index < -0.39 is 6.04 Å². The van der Waals surface area contributed by atoms with E-state index in [1.165, 1.54) is 0 Å². The zero-order valence-corrected chi connectivity index (χ0v) is 12.8. The molecule has 0 fully saturated rings. The van der Waals surface area contributed by atoms with Gasteiger partial charge < -0.3 is 25.3 Å². The number of carbonyl (C=O) groups excluding carboxylic acids is 1. The standard InChI is InChI=1S/C15H24N2O4/c1-4-9-17-11(15(16)18)8-10-21-14-12(19-2)6-5-7-13(14)20-3/h5-7,11,17H,4,8-10H2,1-3H3,(H2,16,18). The first kappa shape index (κ1) is 17.1. The fraction of sp³-hybridized carbons (Fsp3) is 0.533. The van der Waals surface area contributed by atoms with Crippen LogP contribution in [0.1, 0.15) is 19.8 Å². The number of benzene rings is 1. The predicted octanol–water partition coefficient (Wildman–Crippen LogP) is 1.33. The molecular formula is C15H24N2O4. The molecule has 3 N–H and O–H groups in total. The van der Waals surface area contributed by atoms with E-state index in [4.69, 9.17) is 19.9 Å². The van der Waals surface area contributed by atoms with E-state index in [-0.39, 0.29) is 5.91 Å². The van der Waals surface area contributed by atoms with Gasteiger partial charge >= 0.3 is 0 Å². The fourth-order valence-corrected chi connectivity index (χ4v) is 1.90. The van der Waals surface area contributed by atoms with Crippen LogP contribution < -0.4 is 25.3 Å². The topological polar surface area (TPSA) is 82.8 Å². The van der Waals surface area contributed by atoms with Crippen molar-refractivity contribution in [2.45, 2.75) is 25.8 Å². The largest absolute Gasteiger partial charge is 0.493 e. The van der Waals surface area contributed by atoms with Crippen molar-refractivity contribution in [1.82, 2.24) is 5.32 Å². The van der Waals surface area contributed by atoms with Gasteiger partial charge in [-0.3, -0.25) is 4.79 Å². The number of methoxy groups -OCH3 is 2. The van der Waals surface area contributed by atoms with Gasteiger partial charge in [0.25, 0.3) is 0 Å². The Morgan fingerprint density at radius 3 is 2.38 bits per heavy atom. The van der Waals surface area contributed by atoms with Crippen LogP contribution in [-0.2, 0) is 4.79 Å². The molecule has 0 aliphatic carbocycles. The summed E-state index contributed by atoms with van der Waals surface area (Å²) in [5, 5.41) is 3.10. The number of carbonyl (C=O) groups is 1. The summed E-state index contributed by atoms with van der Waals surface area (Å²) in [5.74, 6) is 1.33. The second kappa shape index (κ2) is 9.07. The maximum Gasteiger partial charge on any atom is 0.234 e. The van der Waals surface area contributed by atoms with E-state index in [0.717, 1.165) is 13.0 Å². The molecule has 0 aliphatic rings. The SMILES string of the molecule is CCCNC(CCOc1c(OC)cccc1OC)C(N)=O. The highest BCUT2D eigenvalue weighted by molar-refractivity contribution is 5.79. The number of hydrogen-bond donors (Lipinski definition) is 2. The summed E-state index contributed by atoms with van der Waals surface area (Å²) in [6, 6.07) is 5.00.